The minimum atomic E-state index is 0.712. The first kappa shape index (κ1) is 12.9. The Morgan fingerprint density at radius 3 is 2.50 bits per heavy atom. The molecule has 80 valence electrons. The van der Waals surface area contributed by atoms with Gasteiger partial charge in [-0.3, -0.25) is 0 Å². The van der Waals surface area contributed by atoms with Gasteiger partial charge in [-0.05, 0) is 0 Å². The van der Waals surface area contributed by atoms with Crippen LogP contribution in [0.5, 0.6) is 0 Å². The van der Waals surface area contributed by atoms with Crippen LogP contribution in [0.3, 0.4) is 0 Å². The first-order chi connectivity index (χ1) is 6.75. The fourth-order valence-corrected chi connectivity index (χ4v) is 3.28. The molecule has 0 saturated heterocycles. The van der Waals surface area contributed by atoms with Crippen LogP contribution in [0.1, 0.15) is 38.5 Å². The molecule has 0 amide bonds. The Balaban J connectivity index is 2.30. The summed E-state index contributed by atoms with van der Waals surface area (Å²) in [7, 11) is 4.46. The second kappa shape index (κ2) is 7.17. The summed E-state index contributed by atoms with van der Waals surface area (Å²) in [5.41, 5.74) is 0. The Morgan fingerprint density at radius 1 is 1.36 bits per heavy atom. The van der Waals surface area contributed by atoms with Crippen LogP contribution in [-0.4, -0.2) is 57.9 Å². The predicted octanol–water partition coefficient (Wildman–Crippen LogP) is 1.99. The normalized spacial score (nSPS) is 20.4. The van der Waals surface area contributed by atoms with Gasteiger partial charge in [-0.15, -0.1) is 0 Å². The summed E-state index contributed by atoms with van der Waals surface area (Å²) in [4.78, 5) is 2.42. The molecule has 0 bridgehead atoms. The molecule has 0 N–H and O–H groups in total. The summed E-state index contributed by atoms with van der Waals surface area (Å²) < 4.78 is 5.28. The first-order valence-corrected chi connectivity index (χ1v) is 7.57. The van der Waals surface area contributed by atoms with Gasteiger partial charge in [-0.2, -0.15) is 0 Å². The molecular weight excluding hydrogens is 367 g/mol. The molecule has 1 aliphatic rings. The number of hydrogen-bond acceptors (Lipinski definition) is 2. The van der Waals surface area contributed by atoms with Gasteiger partial charge in [0, 0.05) is 0 Å². The molecule has 0 heterocycles. The summed E-state index contributed by atoms with van der Waals surface area (Å²) in [6.07, 6.45) is 8.38. The van der Waals surface area contributed by atoms with E-state index < -0.39 is 0 Å². The first-order valence-electron chi connectivity index (χ1n) is 5.74. The van der Waals surface area contributed by atoms with Crippen molar-refractivity contribution in [3.63, 3.8) is 0 Å². The van der Waals surface area contributed by atoms with Crippen LogP contribution in [0.25, 0.3) is 0 Å². The maximum absolute atomic E-state index is 5.28. The molecule has 0 aromatic carbocycles. The third kappa shape index (κ3) is 4.15. The molecule has 1 unspecified atom stereocenters. The van der Waals surface area contributed by atoms with Gasteiger partial charge in [-0.25, -0.2) is 0 Å². The van der Waals surface area contributed by atoms with Crippen LogP contribution in [-0.2, 0) is 2.69 Å². The summed E-state index contributed by atoms with van der Waals surface area (Å²) >= 11 is 0.712. The van der Waals surface area contributed by atoms with E-state index in [1.54, 1.807) is 0 Å². The van der Waals surface area contributed by atoms with Gasteiger partial charge in [0.05, 0.1) is 0 Å². The average Bonchev–Trinajstić information content (AvgIpc) is 2.64. The van der Waals surface area contributed by atoms with Crippen molar-refractivity contribution in [2.24, 2.45) is 5.92 Å². The van der Waals surface area contributed by atoms with Crippen LogP contribution in [0.4, 0.5) is 0 Å². The van der Waals surface area contributed by atoms with Crippen molar-refractivity contribution in [2.75, 3.05) is 20.7 Å². The zero-order valence-electron chi connectivity index (χ0n) is 9.54. The van der Waals surface area contributed by atoms with Gasteiger partial charge in [0.1, 0.15) is 0 Å². The van der Waals surface area contributed by atoms with Gasteiger partial charge in [0.25, 0.3) is 0 Å². The molecule has 1 atom stereocenters. The fourth-order valence-electron chi connectivity index (χ4n) is 2.63. The van der Waals surface area contributed by atoms with Crippen LogP contribution in [0.2, 0.25) is 0 Å². The molecule has 14 heavy (non-hydrogen) atoms. The second-order valence-electron chi connectivity index (χ2n) is 4.59. The molecule has 2 nitrogen and oxygen atoms in total. The van der Waals surface area contributed by atoms with E-state index in [1.165, 1.54) is 38.5 Å². The topological polar surface area (TPSA) is 12.5 Å². The Bertz CT molecular complexity index is 146. The molecule has 0 aromatic heterocycles. The Hall–Kier alpha value is 0.842. The van der Waals surface area contributed by atoms with E-state index in [1.807, 2.05) is 0 Å². The summed E-state index contributed by atoms with van der Waals surface area (Å²) in [6, 6.07) is 0.803. The SMILES string of the molecule is CN(C)C(CCC[O][Tl])C1CCCC1. The fraction of sp³-hybridized carbons (Fsp3) is 1.00. The van der Waals surface area contributed by atoms with Crippen LogP contribution in [0.15, 0.2) is 0 Å². The third-order valence-electron chi connectivity index (χ3n) is 3.37. The molecular formula is C11H22NOTl. The van der Waals surface area contributed by atoms with Crippen LogP contribution in [0, 0.1) is 5.92 Å². The molecule has 1 aliphatic carbocycles. The zero-order valence-corrected chi connectivity index (χ0v) is 14.0. The van der Waals surface area contributed by atoms with Crippen molar-refractivity contribution in [3.05, 3.63) is 0 Å². The van der Waals surface area contributed by atoms with E-state index in [0.29, 0.717) is 26.2 Å². The summed E-state index contributed by atoms with van der Waals surface area (Å²) in [5.74, 6) is 0.960. The van der Waals surface area contributed by atoms with Gasteiger partial charge < -0.3 is 0 Å². The maximum atomic E-state index is 5.28. The molecule has 1 saturated carbocycles. The van der Waals surface area contributed by atoms with E-state index in [-0.39, 0.29) is 0 Å². The van der Waals surface area contributed by atoms with Crippen LogP contribution < -0.4 is 0 Å². The Kier molecular flexibility index (Phi) is 6.61. The average molecular weight is 389 g/mol. The number of hydrogen-bond donors (Lipinski definition) is 0. The van der Waals surface area contributed by atoms with E-state index in [2.05, 4.69) is 19.0 Å². The van der Waals surface area contributed by atoms with Crippen molar-refractivity contribution in [2.45, 2.75) is 44.6 Å². The third-order valence-corrected chi connectivity index (χ3v) is 4.29. The van der Waals surface area contributed by atoms with E-state index in [9.17, 15) is 0 Å². The number of rotatable bonds is 6. The zero-order chi connectivity index (χ0) is 10.4. The van der Waals surface area contributed by atoms with Crippen molar-refractivity contribution in [3.8, 4) is 0 Å². The van der Waals surface area contributed by atoms with Gasteiger partial charge in [0.2, 0.25) is 0 Å². The van der Waals surface area contributed by atoms with Crippen molar-refractivity contribution < 1.29 is 2.69 Å². The monoisotopic (exact) mass is 389 g/mol. The molecule has 1 fully saturated rings. The molecule has 0 aliphatic heterocycles. The second-order valence-corrected chi connectivity index (χ2v) is 5.88. The summed E-state index contributed by atoms with van der Waals surface area (Å²) in [5, 5.41) is 0. The molecule has 0 aromatic rings. The molecule has 1 rings (SSSR count). The summed E-state index contributed by atoms with van der Waals surface area (Å²) in [6.45, 7) is 0.988. The van der Waals surface area contributed by atoms with Gasteiger partial charge >= 0.3 is 105 Å². The molecule has 0 spiro atoms. The van der Waals surface area contributed by atoms with E-state index >= 15 is 0 Å². The quantitative estimate of drug-likeness (QED) is 0.510. The minimum absolute atomic E-state index is 0.712. The van der Waals surface area contributed by atoms with Crippen LogP contribution >= 0.6 is 0 Å². The van der Waals surface area contributed by atoms with Crippen molar-refractivity contribution >= 4 is 26.2 Å². The van der Waals surface area contributed by atoms with E-state index in [0.717, 1.165) is 18.6 Å². The number of nitrogens with zero attached hydrogens (tertiary/aromatic N) is 1. The molecule has 0 radical (unpaired) electrons. The van der Waals surface area contributed by atoms with Crippen molar-refractivity contribution in [1.82, 2.24) is 4.90 Å². The molecule has 3 heteroatoms. The van der Waals surface area contributed by atoms with Crippen molar-refractivity contribution in [1.29, 1.82) is 0 Å². The van der Waals surface area contributed by atoms with Gasteiger partial charge in [-0.1, -0.05) is 0 Å². The van der Waals surface area contributed by atoms with Gasteiger partial charge in [0.15, 0.2) is 0 Å². The predicted molar refractivity (Wildman–Crippen MR) is 60.4 cm³/mol. The van der Waals surface area contributed by atoms with E-state index in [4.69, 9.17) is 2.69 Å². The standard InChI is InChI=1S/C11H22NO.Tl/c1-12(2)11(8-5-9-13)10-6-3-4-7-10;/h10-11H,3-9H2,1-2H3;/q-1;+1. The Labute approximate surface area is 105 Å². The Morgan fingerprint density at radius 2 is 2.00 bits per heavy atom.